The van der Waals surface area contributed by atoms with Gasteiger partial charge in [0.25, 0.3) is 0 Å². The van der Waals surface area contributed by atoms with Crippen molar-refractivity contribution in [3.05, 3.63) is 11.6 Å². The van der Waals surface area contributed by atoms with Crippen molar-refractivity contribution in [1.29, 1.82) is 0 Å². The van der Waals surface area contributed by atoms with Crippen LogP contribution in [0.25, 0.3) is 0 Å². The highest BCUT2D eigenvalue weighted by molar-refractivity contribution is 6.74. The van der Waals surface area contributed by atoms with Gasteiger partial charge in [0.05, 0.1) is 25.4 Å². The van der Waals surface area contributed by atoms with Crippen LogP contribution in [0.4, 0.5) is 0 Å². The van der Waals surface area contributed by atoms with Crippen molar-refractivity contribution < 1.29 is 13.6 Å². The van der Waals surface area contributed by atoms with Gasteiger partial charge in [-0.05, 0) is 49.1 Å². The van der Waals surface area contributed by atoms with Crippen LogP contribution in [0.3, 0.4) is 0 Å². The van der Waals surface area contributed by atoms with E-state index in [1.807, 2.05) is 0 Å². The fourth-order valence-electron chi connectivity index (χ4n) is 3.34. The molecule has 0 unspecified atom stereocenters. The molecule has 3 atom stereocenters. The summed E-state index contributed by atoms with van der Waals surface area (Å²) in [6, 6.07) is 0. The maximum Gasteiger partial charge on any atom is 0.192 e. The SMILES string of the molecule is CC(C)(C)[Si](C)(C)O[C@@H]1CC2=CCOC[C@H]2[C@H](O[Si](C)(C)C(C)(C)C)C1. The highest BCUT2D eigenvalue weighted by atomic mass is 28.4. The Hall–Kier alpha value is 0.0538. The highest BCUT2D eigenvalue weighted by Crippen LogP contribution is 2.45. The first-order valence-electron chi connectivity index (χ1n) is 10.3. The third kappa shape index (κ3) is 4.90. The van der Waals surface area contributed by atoms with E-state index in [0.717, 1.165) is 26.1 Å². The van der Waals surface area contributed by atoms with E-state index >= 15 is 0 Å². The van der Waals surface area contributed by atoms with Crippen molar-refractivity contribution in [3.8, 4) is 0 Å². The lowest BCUT2D eigenvalue weighted by molar-refractivity contribution is -0.00273. The van der Waals surface area contributed by atoms with Crippen molar-refractivity contribution in [2.24, 2.45) is 5.92 Å². The molecule has 0 bridgehead atoms. The first-order chi connectivity index (χ1) is 11.6. The predicted octanol–water partition coefficient (Wildman–Crippen LogP) is 6.13. The molecule has 0 aromatic rings. The summed E-state index contributed by atoms with van der Waals surface area (Å²) >= 11 is 0. The molecular weight excluding hydrogens is 356 g/mol. The number of hydrogen-bond acceptors (Lipinski definition) is 3. The molecule has 152 valence electrons. The minimum Gasteiger partial charge on any atom is -0.414 e. The Balaban J connectivity index is 2.21. The van der Waals surface area contributed by atoms with Gasteiger partial charge in [-0.3, -0.25) is 0 Å². The van der Waals surface area contributed by atoms with Gasteiger partial charge in [-0.2, -0.15) is 0 Å². The van der Waals surface area contributed by atoms with Crippen molar-refractivity contribution >= 4 is 16.6 Å². The van der Waals surface area contributed by atoms with Gasteiger partial charge >= 0.3 is 0 Å². The third-order valence-electron chi connectivity index (χ3n) is 7.16. The molecule has 0 N–H and O–H groups in total. The molecule has 2 rings (SSSR count). The largest absolute Gasteiger partial charge is 0.414 e. The van der Waals surface area contributed by atoms with E-state index in [4.69, 9.17) is 13.6 Å². The van der Waals surface area contributed by atoms with Crippen LogP contribution in [-0.4, -0.2) is 42.1 Å². The van der Waals surface area contributed by atoms with Crippen molar-refractivity contribution in [2.45, 2.75) is 103 Å². The van der Waals surface area contributed by atoms with Crippen LogP contribution in [0, 0.1) is 5.92 Å². The van der Waals surface area contributed by atoms with E-state index in [9.17, 15) is 0 Å². The zero-order valence-corrected chi connectivity index (χ0v) is 20.9. The van der Waals surface area contributed by atoms with Crippen LogP contribution in [0.1, 0.15) is 54.4 Å². The quantitative estimate of drug-likeness (QED) is 0.421. The van der Waals surface area contributed by atoms with E-state index in [-0.39, 0.29) is 22.3 Å². The van der Waals surface area contributed by atoms with Crippen LogP contribution < -0.4 is 0 Å². The highest BCUT2D eigenvalue weighted by Gasteiger charge is 2.46. The zero-order chi connectivity index (χ0) is 20.0. The average Bonchev–Trinajstić information content (AvgIpc) is 2.44. The average molecular weight is 399 g/mol. The van der Waals surface area contributed by atoms with Crippen molar-refractivity contribution in [1.82, 2.24) is 0 Å². The minimum atomic E-state index is -1.82. The van der Waals surface area contributed by atoms with Gasteiger partial charge in [0.15, 0.2) is 16.6 Å². The molecule has 0 radical (unpaired) electrons. The molecule has 2 aliphatic rings. The summed E-state index contributed by atoms with van der Waals surface area (Å²) in [5.41, 5.74) is 1.51. The van der Waals surface area contributed by atoms with Crippen LogP contribution in [0.5, 0.6) is 0 Å². The molecule has 5 heteroatoms. The monoisotopic (exact) mass is 398 g/mol. The summed E-state index contributed by atoms with van der Waals surface area (Å²) in [5, 5.41) is 0.462. The standard InChI is InChI=1S/C21H42O3Si2/c1-20(2,3)25(7,8)23-17-13-16-11-12-22-15-18(16)19(14-17)24-26(9,10)21(4,5)6/h11,17-19H,12-15H2,1-10H3/t17-,18-,19-/m1/s1. The summed E-state index contributed by atoms with van der Waals surface area (Å²) in [7, 11) is -3.60. The van der Waals surface area contributed by atoms with Gasteiger partial charge in [-0.15, -0.1) is 0 Å². The van der Waals surface area contributed by atoms with Gasteiger partial charge in [0.2, 0.25) is 0 Å². The molecule has 1 saturated carbocycles. The maximum absolute atomic E-state index is 6.90. The molecule has 1 fully saturated rings. The summed E-state index contributed by atoms with van der Waals surface area (Å²) in [4.78, 5) is 0. The van der Waals surface area contributed by atoms with Crippen molar-refractivity contribution in [2.75, 3.05) is 13.2 Å². The number of rotatable bonds is 4. The van der Waals surface area contributed by atoms with Crippen LogP contribution >= 0.6 is 0 Å². The Morgan fingerprint density at radius 1 is 0.923 bits per heavy atom. The first-order valence-corrected chi connectivity index (χ1v) is 16.1. The van der Waals surface area contributed by atoms with Crippen LogP contribution in [0.2, 0.25) is 36.3 Å². The smallest absolute Gasteiger partial charge is 0.192 e. The third-order valence-corrected chi connectivity index (χ3v) is 16.2. The molecule has 3 nitrogen and oxygen atoms in total. The molecule has 0 saturated heterocycles. The molecule has 1 aliphatic carbocycles. The molecule has 0 amide bonds. The summed E-state index contributed by atoms with van der Waals surface area (Å²) in [5.74, 6) is 0.414. The lowest BCUT2D eigenvalue weighted by Crippen LogP contribution is -2.52. The Kier molecular flexibility index (Phi) is 6.42. The Bertz CT molecular complexity index is 526. The fourth-order valence-corrected chi connectivity index (χ4v) is 6.08. The Morgan fingerprint density at radius 3 is 2.00 bits per heavy atom. The van der Waals surface area contributed by atoms with Gasteiger partial charge in [-0.25, -0.2) is 0 Å². The molecule has 0 aromatic carbocycles. The van der Waals surface area contributed by atoms with Gasteiger partial charge in [0.1, 0.15) is 0 Å². The Morgan fingerprint density at radius 2 is 1.46 bits per heavy atom. The summed E-state index contributed by atoms with van der Waals surface area (Å²) < 4.78 is 19.5. The second-order valence-corrected chi connectivity index (χ2v) is 20.8. The lowest BCUT2D eigenvalue weighted by atomic mass is 9.80. The second kappa shape index (κ2) is 7.47. The number of fused-ring (bicyclic) bond motifs is 1. The van der Waals surface area contributed by atoms with Crippen molar-refractivity contribution in [3.63, 3.8) is 0 Å². The maximum atomic E-state index is 6.90. The van der Waals surface area contributed by atoms with E-state index in [0.29, 0.717) is 5.92 Å². The topological polar surface area (TPSA) is 27.7 Å². The van der Waals surface area contributed by atoms with Crippen LogP contribution in [0.15, 0.2) is 11.6 Å². The normalized spacial score (nSPS) is 28.5. The molecule has 26 heavy (non-hydrogen) atoms. The summed E-state index contributed by atoms with van der Waals surface area (Å²) in [6.45, 7) is 24.9. The molecule has 0 spiro atoms. The molecule has 1 aliphatic heterocycles. The first kappa shape index (κ1) is 22.3. The number of ether oxygens (including phenoxy) is 1. The van der Waals surface area contributed by atoms with Gasteiger partial charge in [0, 0.05) is 5.92 Å². The van der Waals surface area contributed by atoms with Crippen LogP contribution in [-0.2, 0) is 13.6 Å². The molecule has 1 heterocycles. The van der Waals surface area contributed by atoms with Gasteiger partial charge in [-0.1, -0.05) is 53.2 Å². The number of hydrogen-bond donors (Lipinski definition) is 0. The van der Waals surface area contributed by atoms with Gasteiger partial charge < -0.3 is 13.6 Å². The van der Waals surface area contributed by atoms with E-state index in [1.54, 1.807) is 0 Å². The van der Waals surface area contributed by atoms with E-state index < -0.39 is 16.6 Å². The molecular formula is C21H42O3Si2. The van der Waals surface area contributed by atoms with E-state index in [2.05, 4.69) is 73.8 Å². The fraction of sp³-hybridized carbons (Fsp3) is 0.905. The molecule has 0 aromatic heterocycles. The predicted molar refractivity (Wildman–Crippen MR) is 116 cm³/mol. The lowest BCUT2D eigenvalue weighted by Gasteiger charge is -2.48. The minimum absolute atomic E-state index is 0.222. The second-order valence-electron chi connectivity index (χ2n) is 11.3. The Labute approximate surface area is 164 Å². The van der Waals surface area contributed by atoms with E-state index in [1.165, 1.54) is 5.57 Å². The zero-order valence-electron chi connectivity index (χ0n) is 18.9. The summed E-state index contributed by atoms with van der Waals surface area (Å²) in [6.07, 6.45) is 4.86.